The molecule has 0 heterocycles. The quantitative estimate of drug-likeness (QED) is 0.265. The van der Waals surface area contributed by atoms with Crippen molar-refractivity contribution >= 4 is 41.0 Å². The normalized spacial score (nSPS) is 13.4. The van der Waals surface area contributed by atoms with Gasteiger partial charge in [-0.15, -0.1) is 0 Å². The minimum Gasteiger partial charge on any atom is -0.481 e. The predicted molar refractivity (Wildman–Crippen MR) is 138 cm³/mol. The SMILES string of the molecule is C[C@@](CO)(C[C@@H](Cc1ccc(-c2cc(Cl)c(-c3cc(Cl)ccc3F)cc2F)cc1)NC(=O)C(=O)O)C(=O)O. The van der Waals surface area contributed by atoms with Gasteiger partial charge < -0.3 is 20.6 Å². The Labute approximate surface area is 226 Å². The van der Waals surface area contributed by atoms with E-state index in [1.807, 2.05) is 0 Å². The molecule has 7 nitrogen and oxygen atoms in total. The van der Waals surface area contributed by atoms with E-state index in [2.05, 4.69) is 5.32 Å². The largest absolute Gasteiger partial charge is 0.481 e. The zero-order valence-electron chi connectivity index (χ0n) is 20.0. The number of hydrogen-bond donors (Lipinski definition) is 4. The Kier molecular flexibility index (Phi) is 9.09. The van der Waals surface area contributed by atoms with E-state index < -0.39 is 47.5 Å². The lowest BCUT2D eigenvalue weighted by Crippen LogP contribution is -2.46. The smallest absolute Gasteiger partial charge is 0.394 e. The van der Waals surface area contributed by atoms with Crippen LogP contribution in [-0.4, -0.2) is 45.8 Å². The molecule has 0 aliphatic rings. The number of rotatable bonds is 9. The molecule has 0 aliphatic carbocycles. The van der Waals surface area contributed by atoms with E-state index in [4.69, 9.17) is 28.3 Å². The zero-order valence-corrected chi connectivity index (χ0v) is 21.5. The lowest BCUT2D eigenvalue weighted by Gasteiger charge is -2.28. The van der Waals surface area contributed by atoms with Crippen molar-refractivity contribution in [1.29, 1.82) is 0 Å². The topological polar surface area (TPSA) is 124 Å². The molecule has 0 unspecified atom stereocenters. The van der Waals surface area contributed by atoms with Crippen LogP contribution in [0.3, 0.4) is 0 Å². The molecule has 38 heavy (non-hydrogen) atoms. The first-order chi connectivity index (χ1) is 17.8. The van der Waals surface area contributed by atoms with Gasteiger partial charge >= 0.3 is 17.8 Å². The third-order valence-corrected chi connectivity index (χ3v) is 6.66. The van der Waals surface area contributed by atoms with Crippen molar-refractivity contribution in [1.82, 2.24) is 5.32 Å². The number of aliphatic carboxylic acids is 2. The van der Waals surface area contributed by atoms with Gasteiger partial charge in [0.05, 0.1) is 12.0 Å². The Bertz CT molecular complexity index is 1380. The van der Waals surface area contributed by atoms with Gasteiger partial charge in [0.1, 0.15) is 11.6 Å². The van der Waals surface area contributed by atoms with Crippen LogP contribution in [0.25, 0.3) is 22.3 Å². The number of aliphatic hydroxyl groups excluding tert-OH is 1. The van der Waals surface area contributed by atoms with Gasteiger partial charge in [-0.3, -0.25) is 9.59 Å². The summed E-state index contributed by atoms with van der Waals surface area (Å²) >= 11 is 12.3. The van der Waals surface area contributed by atoms with Crippen molar-refractivity contribution in [2.75, 3.05) is 6.61 Å². The third kappa shape index (κ3) is 6.66. The molecule has 0 aliphatic heterocycles. The van der Waals surface area contributed by atoms with E-state index in [-0.39, 0.29) is 39.6 Å². The average Bonchev–Trinajstić information content (AvgIpc) is 2.86. The number of halogens is 4. The summed E-state index contributed by atoms with van der Waals surface area (Å²) in [5, 5.41) is 30.6. The fourth-order valence-electron chi connectivity index (χ4n) is 3.97. The first-order valence-electron chi connectivity index (χ1n) is 11.3. The van der Waals surface area contributed by atoms with Crippen molar-refractivity contribution in [3.05, 3.63) is 81.8 Å². The summed E-state index contributed by atoms with van der Waals surface area (Å²) in [7, 11) is 0. The van der Waals surface area contributed by atoms with Crippen molar-refractivity contribution < 1.29 is 38.5 Å². The van der Waals surface area contributed by atoms with Gasteiger partial charge in [0.2, 0.25) is 0 Å². The van der Waals surface area contributed by atoms with Gasteiger partial charge in [0, 0.05) is 32.8 Å². The average molecular weight is 566 g/mol. The number of carboxylic acid groups (broad SMARTS) is 2. The molecule has 0 fully saturated rings. The monoisotopic (exact) mass is 565 g/mol. The molecule has 2 atom stereocenters. The van der Waals surface area contributed by atoms with Gasteiger partial charge in [-0.2, -0.15) is 0 Å². The highest BCUT2D eigenvalue weighted by Gasteiger charge is 2.36. The highest BCUT2D eigenvalue weighted by Crippen LogP contribution is 2.37. The van der Waals surface area contributed by atoms with E-state index in [0.717, 1.165) is 12.1 Å². The lowest BCUT2D eigenvalue weighted by molar-refractivity contribution is -0.152. The number of carbonyl (C=O) groups excluding carboxylic acids is 1. The third-order valence-electron chi connectivity index (χ3n) is 6.11. The molecule has 3 rings (SSSR count). The van der Waals surface area contributed by atoms with Crippen molar-refractivity contribution in [3.63, 3.8) is 0 Å². The van der Waals surface area contributed by atoms with Crippen LogP contribution in [0.4, 0.5) is 8.78 Å². The van der Waals surface area contributed by atoms with E-state index >= 15 is 4.39 Å². The molecular weight excluding hydrogens is 543 g/mol. The summed E-state index contributed by atoms with van der Waals surface area (Å²) in [6.45, 7) is 0.555. The molecule has 0 spiro atoms. The Morgan fingerprint density at radius 2 is 1.58 bits per heavy atom. The maximum absolute atomic E-state index is 15.1. The number of amides is 1. The Morgan fingerprint density at radius 1 is 0.921 bits per heavy atom. The molecule has 1 amide bonds. The Morgan fingerprint density at radius 3 is 2.16 bits per heavy atom. The van der Waals surface area contributed by atoms with Crippen LogP contribution >= 0.6 is 23.2 Å². The molecule has 0 saturated heterocycles. The van der Waals surface area contributed by atoms with E-state index in [9.17, 15) is 29.0 Å². The predicted octanol–water partition coefficient (Wildman–Crippen LogP) is 5.19. The molecule has 0 aromatic heterocycles. The second-order valence-electron chi connectivity index (χ2n) is 9.04. The number of nitrogens with one attached hydrogen (secondary N) is 1. The van der Waals surface area contributed by atoms with Crippen LogP contribution < -0.4 is 5.32 Å². The van der Waals surface area contributed by atoms with Gasteiger partial charge in [0.15, 0.2) is 0 Å². The van der Waals surface area contributed by atoms with Crippen LogP contribution in [-0.2, 0) is 20.8 Å². The molecule has 4 N–H and O–H groups in total. The lowest BCUT2D eigenvalue weighted by atomic mass is 9.82. The zero-order chi connectivity index (χ0) is 28.2. The van der Waals surface area contributed by atoms with Crippen LogP contribution in [0.5, 0.6) is 0 Å². The molecular formula is C27H23Cl2F2NO6. The van der Waals surface area contributed by atoms with Gasteiger partial charge in [-0.25, -0.2) is 13.6 Å². The number of carboxylic acids is 2. The van der Waals surface area contributed by atoms with Crippen molar-refractivity contribution in [2.45, 2.75) is 25.8 Å². The van der Waals surface area contributed by atoms with Crippen LogP contribution in [0.15, 0.2) is 54.6 Å². The fourth-order valence-corrected chi connectivity index (χ4v) is 4.41. The summed E-state index contributed by atoms with van der Waals surface area (Å²) in [5.74, 6) is -5.63. The fraction of sp³-hybridized carbons (Fsp3) is 0.222. The molecule has 3 aromatic carbocycles. The highest BCUT2D eigenvalue weighted by molar-refractivity contribution is 6.34. The molecule has 3 aromatic rings. The second kappa shape index (κ2) is 11.9. The summed E-state index contributed by atoms with van der Waals surface area (Å²) < 4.78 is 29.4. The van der Waals surface area contributed by atoms with Crippen LogP contribution in [0.2, 0.25) is 10.0 Å². The first kappa shape index (κ1) is 29.0. The molecule has 0 radical (unpaired) electrons. The minimum absolute atomic E-state index is 0.0401. The van der Waals surface area contributed by atoms with E-state index in [1.165, 1.54) is 25.1 Å². The summed E-state index contributed by atoms with van der Waals surface area (Å²) in [6, 6.07) is 11.7. The first-order valence-corrected chi connectivity index (χ1v) is 12.0. The number of hydrogen-bond acceptors (Lipinski definition) is 4. The molecule has 200 valence electrons. The maximum atomic E-state index is 15.1. The van der Waals surface area contributed by atoms with Gasteiger partial charge in [-0.05, 0) is 61.2 Å². The number of carbonyl (C=O) groups is 3. The van der Waals surface area contributed by atoms with Crippen molar-refractivity contribution in [2.24, 2.45) is 5.41 Å². The number of benzene rings is 3. The Balaban J connectivity index is 1.88. The molecule has 0 bridgehead atoms. The Hall–Kier alpha value is -3.53. The summed E-state index contributed by atoms with van der Waals surface area (Å²) in [4.78, 5) is 34.4. The molecule has 0 saturated carbocycles. The van der Waals surface area contributed by atoms with Gasteiger partial charge in [0.25, 0.3) is 0 Å². The van der Waals surface area contributed by atoms with Crippen LogP contribution in [0, 0.1) is 17.0 Å². The van der Waals surface area contributed by atoms with E-state index in [1.54, 1.807) is 24.3 Å². The number of aliphatic hydroxyl groups is 1. The summed E-state index contributed by atoms with van der Waals surface area (Å²) in [6.07, 6.45) is -0.205. The highest BCUT2D eigenvalue weighted by atomic mass is 35.5. The van der Waals surface area contributed by atoms with Crippen molar-refractivity contribution in [3.8, 4) is 22.3 Å². The second-order valence-corrected chi connectivity index (χ2v) is 9.88. The molecule has 11 heteroatoms. The van der Waals surface area contributed by atoms with E-state index in [0.29, 0.717) is 11.1 Å². The van der Waals surface area contributed by atoms with Crippen LogP contribution in [0.1, 0.15) is 18.9 Å². The standard InChI is InChI=1S/C27H23Cl2F2NO6/c1-27(13-33,26(37)38)12-17(32-24(34)25(35)36)8-14-2-4-15(5-3-14)18-10-21(29)19(11-23(18)31)20-9-16(28)6-7-22(20)30/h2-7,9-11,17,33H,8,12-13H2,1H3,(H,32,34)(H,35,36)(H,37,38)/t17-,27+/m1/s1. The van der Waals surface area contributed by atoms with Gasteiger partial charge in [-0.1, -0.05) is 47.5 Å². The maximum Gasteiger partial charge on any atom is 0.394 e. The minimum atomic E-state index is -1.74. The summed E-state index contributed by atoms with van der Waals surface area (Å²) in [5.41, 5.74) is -0.286.